The highest BCUT2D eigenvalue weighted by molar-refractivity contribution is 8.15. The molecule has 4 fully saturated rings. The van der Waals surface area contributed by atoms with Crippen LogP contribution in [0.15, 0.2) is 4.99 Å². The summed E-state index contributed by atoms with van der Waals surface area (Å²) in [7, 11) is -2.97. The largest absolute Gasteiger partial charge is 0.343 e. The minimum Gasteiger partial charge on any atom is -0.343 e. The average molecular weight is 363 g/mol. The maximum atomic E-state index is 12.0. The van der Waals surface area contributed by atoms with E-state index in [9.17, 15) is 13.2 Å². The van der Waals surface area contributed by atoms with Crippen LogP contribution in [0.1, 0.15) is 25.7 Å². The summed E-state index contributed by atoms with van der Waals surface area (Å²) in [6.45, 7) is 0. The van der Waals surface area contributed by atoms with Gasteiger partial charge in [-0.2, -0.15) is 4.99 Å². The molecule has 2 heterocycles. The van der Waals surface area contributed by atoms with E-state index >= 15 is 0 Å². The molecule has 0 aromatic carbocycles. The fourth-order valence-corrected chi connectivity index (χ4v) is 8.72. The fourth-order valence-electron chi connectivity index (χ4n) is 4.67. The molecule has 4 rings (SSSR count). The number of hydrogen-bond donors (Lipinski definition) is 0. The zero-order valence-corrected chi connectivity index (χ0v) is 14.5. The number of aliphatic imine (C=N–C) groups is 1. The second-order valence-electron chi connectivity index (χ2n) is 6.87. The summed E-state index contributed by atoms with van der Waals surface area (Å²) in [6.07, 6.45) is 4.87. The van der Waals surface area contributed by atoms with Gasteiger partial charge in [-0.15, -0.1) is 11.6 Å². The molecule has 5 atom stereocenters. The molecule has 4 aliphatic rings. The van der Waals surface area contributed by atoms with Gasteiger partial charge >= 0.3 is 0 Å². The molecule has 1 amide bonds. The Bertz CT molecular complexity index is 636. The average Bonchev–Trinajstić information content (AvgIpc) is 3.17. The summed E-state index contributed by atoms with van der Waals surface area (Å²) in [6, 6.07) is 0.345. The quantitative estimate of drug-likeness (QED) is 0.696. The van der Waals surface area contributed by atoms with Crippen molar-refractivity contribution in [3.8, 4) is 0 Å². The number of amides is 1. The van der Waals surface area contributed by atoms with Crippen molar-refractivity contribution in [1.82, 2.24) is 4.90 Å². The molecule has 2 saturated carbocycles. The van der Waals surface area contributed by atoms with Crippen LogP contribution in [-0.4, -0.2) is 59.1 Å². The van der Waals surface area contributed by atoms with Crippen LogP contribution in [0.4, 0.5) is 0 Å². The van der Waals surface area contributed by atoms with Gasteiger partial charge in [0, 0.05) is 11.3 Å². The number of thioether (sulfide) groups is 1. The standard InChI is InChI=1S/C14H19ClN2O3S2/c15-5-13(18)16-14-17(10-4-8-1-2-9(10)3-8)11-6-22(19,20)7-12(11)21-14/h8-12H,1-7H2. The van der Waals surface area contributed by atoms with Gasteiger partial charge in [0.05, 0.1) is 17.5 Å². The Morgan fingerprint density at radius 1 is 1.27 bits per heavy atom. The summed E-state index contributed by atoms with van der Waals surface area (Å²) >= 11 is 7.05. The zero-order valence-electron chi connectivity index (χ0n) is 12.2. The number of carbonyl (C=O) groups is 1. The summed E-state index contributed by atoms with van der Waals surface area (Å²) in [5.41, 5.74) is 0. The normalized spacial score (nSPS) is 44.0. The number of fused-ring (bicyclic) bond motifs is 3. The molecule has 5 nitrogen and oxygen atoms in total. The highest BCUT2D eigenvalue weighted by Gasteiger charge is 2.54. The molecule has 5 unspecified atom stereocenters. The molecule has 0 spiro atoms. The van der Waals surface area contributed by atoms with Crippen LogP contribution < -0.4 is 0 Å². The molecule has 0 aromatic heterocycles. The van der Waals surface area contributed by atoms with Crippen LogP contribution in [0.5, 0.6) is 0 Å². The molecular formula is C14H19ClN2O3S2. The van der Waals surface area contributed by atoms with Crippen LogP contribution in [0.25, 0.3) is 0 Å². The van der Waals surface area contributed by atoms with E-state index in [-0.39, 0.29) is 34.6 Å². The molecule has 2 bridgehead atoms. The molecular weight excluding hydrogens is 344 g/mol. The molecule has 22 heavy (non-hydrogen) atoms. The number of nitrogens with zero attached hydrogens (tertiary/aromatic N) is 2. The van der Waals surface area contributed by atoms with E-state index in [1.54, 1.807) is 0 Å². The number of rotatable bonds is 2. The minimum atomic E-state index is -2.97. The highest BCUT2D eigenvalue weighted by Crippen LogP contribution is 2.51. The molecule has 2 aliphatic carbocycles. The van der Waals surface area contributed by atoms with Crippen molar-refractivity contribution in [3.63, 3.8) is 0 Å². The van der Waals surface area contributed by atoms with Crippen molar-refractivity contribution in [2.45, 2.75) is 43.0 Å². The summed E-state index contributed by atoms with van der Waals surface area (Å²) in [5, 5.41) is 0.735. The van der Waals surface area contributed by atoms with Crippen molar-refractivity contribution in [2.24, 2.45) is 16.8 Å². The predicted molar refractivity (Wildman–Crippen MR) is 88.1 cm³/mol. The minimum absolute atomic E-state index is 0.0128. The summed E-state index contributed by atoms with van der Waals surface area (Å²) in [5.74, 6) is 1.34. The van der Waals surface area contributed by atoms with Crippen molar-refractivity contribution >= 4 is 44.3 Å². The lowest BCUT2D eigenvalue weighted by Gasteiger charge is -2.36. The van der Waals surface area contributed by atoms with Crippen LogP contribution in [0.2, 0.25) is 0 Å². The van der Waals surface area contributed by atoms with Crippen molar-refractivity contribution in [3.05, 3.63) is 0 Å². The van der Waals surface area contributed by atoms with Gasteiger partial charge < -0.3 is 4.90 Å². The smallest absolute Gasteiger partial charge is 0.262 e. The van der Waals surface area contributed by atoms with E-state index in [1.165, 1.54) is 31.0 Å². The molecule has 8 heteroatoms. The Labute approximate surface area is 139 Å². The number of halogens is 1. The highest BCUT2D eigenvalue weighted by atomic mass is 35.5. The second-order valence-corrected chi connectivity index (χ2v) is 10.5. The first-order chi connectivity index (χ1) is 10.5. The first-order valence-electron chi connectivity index (χ1n) is 7.80. The van der Waals surface area contributed by atoms with E-state index < -0.39 is 9.84 Å². The maximum Gasteiger partial charge on any atom is 0.262 e. The summed E-state index contributed by atoms with van der Waals surface area (Å²) in [4.78, 5) is 18.0. The second kappa shape index (κ2) is 5.38. The van der Waals surface area contributed by atoms with Gasteiger partial charge in [-0.25, -0.2) is 8.42 Å². The predicted octanol–water partition coefficient (Wildman–Crippen LogP) is 1.51. The lowest BCUT2D eigenvalue weighted by atomic mass is 9.93. The van der Waals surface area contributed by atoms with Crippen LogP contribution in [0, 0.1) is 11.8 Å². The van der Waals surface area contributed by atoms with Crippen molar-refractivity contribution in [1.29, 1.82) is 0 Å². The van der Waals surface area contributed by atoms with Crippen LogP contribution in [0.3, 0.4) is 0 Å². The Kier molecular flexibility index (Phi) is 3.73. The number of hydrogen-bond acceptors (Lipinski definition) is 4. The van der Waals surface area contributed by atoms with Crippen LogP contribution in [-0.2, 0) is 14.6 Å². The molecule has 2 aliphatic heterocycles. The maximum absolute atomic E-state index is 12.0. The van der Waals surface area contributed by atoms with Gasteiger partial charge in [0.25, 0.3) is 5.91 Å². The van der Waals surface area contributed by atoms with Gasteiger partial charge in [0.2, 0.25) is 0 Å². The van der Waals surface area contributed by atoms with E-state index in [1.807, 2.05) is 0 Å². The van der Waals surface area contributed by atoms with Crippen LogP contribution >= 0.6 is 23.4 Å². The SMILES string of the molecule is O=C(CCl)N=C1SC2CS(=O)(=O)CC2N1C1CC2CCC1C2. The van der Waals surface area contributed by atoms with Gasteiger partial charge in [-0.1, -0.05) is 18.2 Å². The van der Waals surface area contributed by atoms with E-state index in [0.717, 1.165) is 12.3 Å². The number of amidine groups is 1. The first kappa shape index (κ1) is 15.3. The van der Waals surface area contributed by atoms with Gasteiger partial charge in [0.15, 0.2) is 15.0 Å². The Hall–Kier alpha value is -0.270. The third kappa shape index (κ3) is 2.49. The fraction of sp³-hybridized carbons (Fsp3) is 0.857. The zero-order chi connectivity index (χ0) is 15.5. The summed E-state index contributed by atoms with van der Waals surface area (Å²) < 4.78 is 24.0. The molecule has 122 valence electrons. The number of sulfone groups is 1. The third-order valence-corrected chi connectivity index (χ3v) is 8.95. The third-order valence-electron chi connectivity index (χ3n) is 5.50. The topological polar surface area (TPSA) is 66.8 Å². The van der Waals surface area contributed by atoms with E-state index in [4.69, 9.17) is 11.6 Å². The number of alkyl halides is 1. The Balaban J connectivity index is 1.66. The molecule has 0 radical (unpaired) electrons. The Morgan fingerprint density at radius 3 is 2.73 bits per heavy atom. The van der Waals surface area contributed by atoms with Gasteiger partial charge in [-0.05, 0) is 31.1 Å². The van der Waals surface area contributed by atoms with Crippen molar-refractivity contribution < 1.29 is 13.2 Å². The van der Waals surface area contributed by atoms with E-state index in [2.05, 4.69) is 9.89 Å². The van der Waals surface area contributed by atoms with Crippen molar-refractivity contribution in [2.75, 3.05) is 17.4 Å². The molecule has 0 N–H and O–H groups in total. The molecule has 2 saturated heterocycles. The molecule has 0 aromatic rings. The lowest BCUT2D eigenvalue weighted by Crippen LogP contribution is -2.47. The van der Waals surface area contributed by atoms with E-state index in [0.29, 0.717) is 17.1 Å². The Morgan fingerprint density at radius 2 is 2.09 bits per heavy atom. The number of carbonyl (C=O) groups excluding carboxylic acids is 1. The monoisotopic (exact) mass is 362 g/mol. The van der Waals surface area contributed by atoms with Gasteiger partial charge in [0.1, 0.15) is 5.88 Å². The first-order valence-corrected chi connectivity index (χ1v) is 11.0. The lowest BCUT2D eigenvalue weighted by molar-refractivity contribution is -0.115. The van der Waals surface area contributed by atoms with Gasteiger partial charge in [-0.3, -0.25) is 4.79 Å².